The molecule has 4 nitrogen and oxygen atoms in total. The molecule has 0 saturated heterocycles. The van der Waals surface area contributed by atoms with Crippen LogP contribution in [0.5, 0.6) is 0 Å². The molecule has 0 aliphatic carbocycles. The highest BCUT2D eigenvalue weighted by atomic mass is 16.5. The van der Waals surface area contributed by atoms with Crippen molar-refractivity contribution in [1.82, 2.24) is 4.90 Å². The van der Waals surface area contributed by atoms with Crippen molar-refractivity contribution in [2.24, 2.45) is 5.92 Å². The molecule has 4 heteroatoms. The highest BCUT2D eigenvalue weighted by Gasteiger charge is 2.20. The van der Waals surface area contributed by atoms with Gasteiger partial charge in [0.2, 0.25) is 0 Å². The average molecular weight is 241 g/mol. The summed E-state index contributed by atoms with van der Waals surface area (Å²) in [7, 11) is 1.65. The number of carbonyl (C=O) groups is 1. The van der Waals surface area contributed by atoms with Gasteiger partial charge in [0.25, 0.3) is 5.91 Å². The molecule has 17 heavy (non-hydrogen) atoms. The summed E-state index contributed by atoms with van der Waals surface area (Å²) >= 11 is 0. The average Bonchev–Trinajstić information content (AvgIpc) is 2.34. The van der Waals surface area contributed by atoms with E-state index in [1.54, 1.807) is 7.11 Å². The lowest BCUT2D eigenvalue weighted by Crippen LogP contribution is -2.39. The van der Waals surface area contributed by atoms with Crippen LogP contribution < -0.4 is 0 Å². The van der Waals surface area contributed by atoms with Crippen LogP contribution in [0.25, 0.3) is 0 Å². The SMILES string of the molecule is COCCN(CC(C)C)C(=O)C1=CCCOC1. The summed E-state index contributed by atoms with van der Waals surface area (Å²) in [5, 5.41) is 0. The Hall–Kier alpha value is -0.870. The summed E-state index contributed by atoms with van der Waals surface area (Å²) in [6.45, 7) is 7.37. The molecule has 1 aliphatic rings. The number of methoxy groups -OCH3 is 1. The molecule has 0 unspecified atom stereocenters. The first kappa shape index (κ1) is 14.2. The maximum atomic E-state index is 12.3. The van der Waals surface area contributed by atoms with Gasteiger partial charge in [-0.25, -0.2) is 0 Å². The van der Waals surface area contributed by atoms with Crippen molar-refractivity contribution >= 4 is 5.91 Å². The van der Waals surface area contributed by atoms with E-state index in [1.165, 1.54) is 0 Å². The highest BCUT2D eigenvalue weighted by Crippen LogP contribution is 2.11. The number of amides is 1. The van der Waals surface area contributed by atoms with Gasteiger partial charge in [-0.15, -0.1) is 0 Å². The first-order valence-corrected chi connectivity index (χ1v) is 6.20. The number of carbonyl (C=O) groups excluding carboxylic acids is 1. The van der Waals surface area contributed by atoms with Gasteiger partial charge in [-0.05, 0) is 12.3 Å². The Morgan fingerprint density at radius 2 is 2.35 bits per heavy atom. The van der Waals surface area contributed by atoms with Crippen LogP contribution in [-0.4, -0.2) is 50.8 Å². The Labute approximate surface area is 104 Å². The second kappa shape index (κ2) is 7.45. The van der Waals surface area contributed by atoms with Crippen LogP contribution in [0.4, 0.5) is 0 Å². The minimum Gasteiger partial charge on any atom is -0.383 e. The Kier molecular flexibility index (Phi) is 6.22. The van der Waals surface area contributed by atoms with E-state index in [0.717, 1.165) is 25.1 Å². The van der Waals surface area contributed by atoms with Crippen molar-refractivity contribution in [1.29, 1.82) is 0 Å². The van der Waals surface area contributed by atoms with Gasteiger partial charge in [0.05, 0.1) is 19.8 Å². The molecule has 0 aromatic carbocycles. The molecule has 0 N–H and O–H groups in total. The van der Waals surface area contributed by atoms with Gasteiger partial charge in [-0.3, -0.25) is 4.79 Å². The maximum absolute atomic E-state index is 12.3. The topological polar surface area (TPSA) is 38.8 Å². The van der Waals surface area contributed by atoms with Crippen LogP contribution >= 0.6 is 0 Å². The van der Waals surface area contributed by atoms with Crippen LogP contribution in [0.3, 0.4) is 0 Å². The number of rotatable bonds is 6. The van der Waals surface area contributed by atoms with Gasteiger partial charge < -0.3 is 14.4 Å². The molecule has 0 atom stereocenters. The molecule has 1 heterocycles. The van der Waals surface area contributed by atoms with Crippen molar-refractivity contribution < 1.29 is 14.3 Å². The van der Waals surface area contributed by atoms with Crippen molar-refractivity contribution in [2.45, 2.75) is 20.3 Å². The van der Waals surface area contributed by atoms with Gasteiger partial charge in [-0.2, -0.15) is 0 Å². The zero-order valence-electron chi connectivity index (χ0n) is 11.1. The van der Waals surface area contributed by atoms with Gasteiger partial charge in [-0.1, -0.05) is 19.9 Å². The van der Waals surface area contributed by atoms with Gasteiger partial charge >= 0.3 is 0 Å². The third kappa shape index (κ3) is 4.88. The van der Waals surface area contributed by atoms with Gasteiger partial charge in [0, 0.05) is 25.8 Å². The van der Waals surface area contributed by atoms with Crippen LogP contribution in [-0.2, 0) is 14.3 Å². The predicted molar refractivity (Wildman–Crippen MR) is 66.8 cm³/mol. The summed E-state index contributed by atoms with van der Waals surface area (Å²) in [5.41, 5.74) is 0.785. The van der Waals surface area contributed by atoms with Crippen molar-refractivity contribution in [2.75, 3.05) is 40.0 Å². The molecule has 98 valence electrons. The molecule has 1 aliphatic heterocycles. The molecule has 0 aromatic heterocycles. The molecular formula is C13H23NO3. The molecular weight excluding hydrogens is 218 g/mol. The van der Waals surface area contributed by atoms with Crippen molar-refractivity contribution in [3.8, 4) is 0 Å². The third-order valence-corrected chi connectivity index (χ3v) is 2.62. The number of hydrogen-bond donors (Lipinski definition) is 0. The first-order chi connectivity index (χ1) is 8.15. The molecule has 1 amide bonds. The van der Waals surface area contributed by atoms with E-state index in [4.69, 9.17) is 9.47 Å². The Bertz CT molecular complexity index is 274. The summed E-state index contributed by atoms with van der Waals surface area (Å²) in [6.07, 6.45) is 2.83. The second-order valence-corrected chi connectivity index (χ2v) is 4.71. The van der Waals surface area contributed by atoms with E-state index in [1.807, 2.05) is 11.0 Å². The summed E-state index contributed by atoms with van der Waals surface area (Å²) < 4.78 is 10.4. The molecule has 0 bridgehead atoms. The fourth-order valence-corrected chi connectivity index (χ4v) is 1.83. The van der Waals surface area contributed by atoms with Crippen LogP contribution in [0.2, 0.25) is 0 Å². The van der Waals surface area contributed by atoms with Crippen LogP contribution in [0.15, 0.2) is 11.6 Å². The largest absolute Gasteiger partial charge is 0.383 e. The Morgan fingerprint density at radius 3 is 2.88 bits per heavy atom. The maximum Gasteiger partial charge on any atom is 0.251 e. The number of ether oxygens (including phenoxy) is 2. The van der Waals surface area contributed by atoms with E-state index in [-0.39, 0.29) is 5.91 Å². The monoisotopic (exact) mass is 241 g/mol. The van der Waals surface area contributed by atoms with Gasteiger partial charge in [0.1, 0.15) is 0 Å². The van der Waals surface area contributed by atoms with Crippen LogP contribution in [0.1, 0.15) is 20.3 Å². The van der Waals surface area contributed by atoms with E-state index >= 15 is 0 Å². The standard InChI is InChI=1S/C13H23NO3/c1-11(2)9-14(6-8-16-3)13(15)12-5-4-7-17-10-12/h5,11H,4,6-10H2,1-3H3. The lowest BCUT2D eigenvalue weighted by molar-refractivity contribution is -0.129. The minimum absolute atomic E-state index is 0.0930. The molecule has 0 saturated carbocycles. The third-order valence-electron chi connectivity index (χ3n) is 2.62. The summed E-state index contributed by atoms with van der Waals surface area (Å²) in [6, 6.07) is 0. The van der Waals surface area contributed by atoms with E-state index in [9.17, 15) is 4.79 Å². The van der Waals surface area contributed by atoms with Crippen molar-refractivity contribution in [3.05, 3.63) is 11.6 Å². The number of hydrogen-bond acceptors (Lipinski definition) is 3. The molecule has 1 rings (SSSR count). The van der Waals surface area contributed by atoms with E-state index in [2.05, 4.69) is 13.8 Å². The molecule has 0 spiro atoms. The lowest BCUT2D eigenvalue weighted by Gasteiger charge is -2.26. The first-order valence-electron chi connectivity index (χ1n) is 6.20. The van der Waals surface area contributed by atoms with Gasteiger partial charge in [0.15, 0.2) is 0 Å². The molecule has 0 aromatic rings. The van der Waals surface area contributed by atoms with Crippen molar-refractivity contribution in [3.63, 3.8) is 0 Å². The van der Waals surface area contributed by atoms with Crippen LogP contribution in [0, 0.1) is 5.92 Å². The lowest BCUT2D eigenvalue weighted by atomic mass is 10.1. The quantitative estimate of drug-likeness (QED) is 0.707. The summed E-state index contributed by atoms with van der Waals surface area (Å²) in [5.74, 6) is 0.552. The minimum atomic E-state index is 0.0930. The fraction of sp³-hybridized carbons (Fsp3) is 0.769. The highest BCUT2D eigenvalue weighted by molar-refractivity contribution is 5.93. The Morgan fingerprint density at radius 1 is 1.59 bits per heavy atom. The smallest absolute Gasteiger partial charge is 0.251 e. The Balaban J connectivity index is 2.60. The predicted octanol–water partition coefficient (Wildman–Crippen LogP) is 1.46. The summed E-state index contributed by atoms with van der Waals surface area (Å²) in [4.78, 5) is 14.1. The number of nitrogens with zero attached hydrogens (tertiary/aromatic N) is 1. The normalized spacial score (nSPS) is 15.9. The van der Waals surface area contributed by atoms with E-state index < -0.39 is 0 Å². The zero-order valence-corrected chi connectivity index (χ0v) is 11.1. The van der Waals surface area contributed by atoms with E-state index in [0.29, 0.717) is 25.7 Å². The second-order valence-electron chi connectivity index (χ2n) is 4.71. The fourth-order valence-electron chi connectivity index (χ4n) is 1.83. The molecule has 0 radical (unpaired) electrons. The zero-order chi connectivity index (χ0) is 12.7. The molecule has 0 fully saturated rings.